The number of alkyl halides is 2. The zero-order valence-corrected chi connectivity index (χ0v) is 25.9. The Morgan fingerprint density at radius 3 is 2.70 bits per heavy atom. The van der Waals surface area contributed by atoms with Crippen LogP contribution in [0.2, 0.25) is 0 Å². The monoisotopic (exact) mass is 603 g/mol. The molecular weight excluding hydrogens is 556 g/mol. The Morgan fingerprint density at radius 1 is 1.23 bits per heavy atom. The Bertz CT molecular complexity index is 1240. The molecule has 1 aliphatic carbocycles. The van der Waals surface area contributed by atoms with E-state index in [2.05, 4.69) is 20.6 Å². The largest absolute Gasteiger partial charge is 0.381 e. The predicted molar refractivity (Wildman–Crippen MR) is 165 cm³/mol. The third-order valence-electron chi connectivity index (χ3n) is 8.44. The molecule has 0 spiro atoms. The molecule has 1 saturated carbocycles. The second-order valence-corrected chi connectivity index (χ2v) is 11.3. The lowest BCUT2D eigenvalue weighted by atomic mass is 9.86. The van der Waals surface area contributed by atoms with Crippen molar-refractivity contribution in [3.63, 3.8) is 0 Å². The molecule has 238 valence electrons. The zero-order chi connectivity index (χ0) is 30.8. The molecular formula is C31H47F2N7O3. The quantitative estimate of drug-likeness (QED) is 0.203. The van der Waals surface area contributed by atoms with Crippen LogP contribution in [0.3, 0.4) is 0 Å². The number of para-hydroxylation sites is 2. The van der Waals surface area contributed by atoms with E-state index in [1.807, 2.05) is 35.9 Å². The van der Waals surface area contributed by atoms with Crippen molar-refractivity contribution in [1.29, 1.82) is 0 Å². The minimum atomic E-state index is -2.77. The molecule has 1 aromatic carbocycles. The van der Waals surface area contributed by atoms with E-state index in [1.54, 1.807) is 32.4 Å². The van der Waals surface area contributed by atoms with E-state index in [4.69, 9.17) is 9.47 Å². The molecule has 2 aromatic rings. The first-order valence-electron chi connectivity index (χ1n) is 15.4. The molecule has 2 aliphatic rings. The van der Waals surface area contributed by atoms with Crippen LogP contribution in [0.4, 0.5) is 8.78 Å². The molecule has 43 heavy (non-hydrogen) atoms. The van der Waals surface area contributed by atoms with E-state index in [0.717, 1.165) is 51.7 Å². The van der Waals surface area contributed by atoms with Crippen LogP contribution in [-0.4, -0.2) is 104 Å². The van der Waals surface area contributed by atoms with Crippen molar-refractivity contribution in [3.05, 3.63) is 36.2 Å². The van der Waals surface area contributed by atoms with Gasteiger partial charge >= 0.3 is 0 Å². The van der Waals surface area contributed by atoms with E-state index < -0.39 is 6.43 Å². The van der Waals surface area contributed by atoms with Gasteiger partial charge in [-0.3, -0.25) is 14.4 Å². The number of halogens is 2. The minimum absolute atomic E-state index is 0.102. The lowest BCUT2D eigenvalue weighted by Gasteiger charge is -2.29. The van der Waals surface area contributed by atoms with Gasteiger partial charge in [-0.25, -0.2) is 13.8 Å². The summed E-state index contributed by atoms with van der Waals surface area (Å²) in [4.78, 5) is 25.6. The number of hydrogen-bond acceptors (Lipinski definition) is 6. The van der Waals surface area contributed by atoms with Crippen molar-refractivity contribution >= 4 is 28.7 Å². The van der Waals surface area contributed by atoms with Crippen molar-refractivity contribution < 1.29 is 23.0 Å². The average Bonchev–Trinajstić information content (AvgIpc) is 3.66. The number of likely N-dealkylation sites (N-methyl/N-ethyl adjacent to an activating group) is 1. The van der Waals surface area contributed by atoms with Gasteiger partial charge in [0.05, 0.1) is 23.7 Å². The summed E-state index contributed by atoms with van der Waals surface area (Å²) in [6, 6.07) is 7.11. The minimum Gasteiger partial charge on any atom is -0.381 e. The summed E-state index contributed by atoms with van der Waals surface area (Å²) in [6.07, 6.45) is 3.99. The molecule has 0 bridgehead atoms. The highest BCUT2D eigenvalue weighted by Gasteiger charge is 2.33. The summed E-state index contributed by atoms with van der Waals surface area (Å²) >= 11 is 0. The normalized spacial score (nSPS) is 21.7. The molecule has 12 heteroatoms. The summed E-state index contributed by atoms with van der Waals surface area (Å²) in [5.41, 5.74) is 1.07. The number of rotatable bonds is 13. The number of hydrogen-bond donors (Lipinski definition) is 2. The van der Waals surface area contributed by atoms with Gasteiger partial charge in [-0.1, -0.05) is 12.1 Å². The van der Waals surface area contributed by atoms with Crippen LogP contribution >= 0.6 is 0 Å². The third kappa shape index (κ3) is 8.51. The number of likely N-dealkylation sites (tertiary alicyclic amines) is 1. The molecule has 1 atom stereocenters. The predicted octanol–water partition coefficient (Wildman–Crippen LogP) is 3.96. The first-order valence-corrected chi connectivity index (χ1v) is 15.4. The third-order valence-corrected chi connectivity index (χ3v) is 8.44. The maximum Gasteiger partial charge on any atom is 0.296 e. The lowest BCUT2D eigenvalue weighted by Crippen LogP contribution is -2.41. The second-order valence-electron chi connectivity index (χ2n) is 11.3. The van der Waals surface area contributed by atoms with Crippen LogP contribution in [0.5, 0.6) is 0 Å². The van der Waals surface area contributed by atoms with Gasteiger partial charge in [-0.15, -0.1) is 0 Å². The van der Waals surface area contributed by atoms with Crippen molar-refractivity contribution in [2.24, 2.45) is 16.8 Å². The van der Waals surface area contributed by atoms with Gasteiger partial charge in [0.1, 0.15) is 5.82 Å². The summed E-state index contributed by atoms with van der Waals surface area (Å²) < 4.78 is 40.9. The molecule has 0 unspecified atom stereocenters. The molecule has 2 fully saturated rings. The van der Waals surface area contributed by atoms with E-state index in [0.29, 0.717) is 55.0 Å². The number of guanidine groups is 1. The van der Waals surface area contributed by atoms with Gasteiger partial charge in [0, 0.05) is 66.5 Å². The Balaban J connectivity index is 1.43. The van der Waals surface area contributed by atoms with Crippen LogP contribution in [0.25, 0.3) is 16.9 Å². The molecule has 0 radical (unpaired) electrons. The van der Waals surface area contributed by atoms with Gasteiger partial charge in [0.2, 0.25) is 5.91 Å². The number of carbonyl (C=O) groups excluding carboxylic acids is 1. The number of benzene rings is 1. The number of ether oxygens (including phenoxy) is 2. The lowest BCUT2D eigenvalue weighted by molar-refractivity contribution is -0.136. The van der Waals surface area contributed by atoms with Gasteiger partial charge in [0.25, 0.3) is 6.43 Å². The number of aliphatic imine (C=N–C) groups is 1. The molecule has 2 N–H and O–H groups in total. The number of carbonyl (C=O) groups is 1. The Hall–Kier alpha value is -3.09. The number of methoxy groups -OCH3 is 1. The van der Waals surface area contributed by atoms with Gasteiger partial charge < -0.3 is 29.9 Å². The first-order chi connectivity index (χ1) is 20.9. The topological polar surface area (TPSA) is 96.3 Å². The fourth-order valence-electron chi connectivity index (χ4n) is 5.99. The smallest absolute Gasteiger partial charge is 0.296 e. The standard InChI is InChI=1S/C31H47F2N7O3/c1-5-43-19-18-38(3)31(34-2)37-27(40-26-9-7-6-8-25(26)36-29(40)28(32)33)14-16-35-20-22-15-17-39(21-22)30(41)23-10-12-24(42-4)13-11-23/h6-9,14,22-24,28,35H,5,10-13,15-21H2,1-4H3,(H,34,37)/b27-14+/t22-,23?,24?/m1/s1. The van der Waals surface area contributed by atoms with Crippen LogP contribution in [-0.2, 0) is 14.3 Å². The van der Waals surface area contributed by atoms with Gasteiger partial charge in [0.15, 0.2) is 11.8 Å². The zero-order valence-electron chi connectivity index (χ0n) is 25.9. The molecule has 1 aliphatic heterocycles. The first kappa shape index (κ1) is 32.8. The maximum atomic E-state index is 14.2. The molecule has 1 saturated heterocycles. The Labute approximate surface area is 253 Å². The van der Waals surface area contributed by atoms with Crippen LogP contribution in [0.1, 0.15) is 51.3 Å². The fraction of sp³-hybridized carbons (Fsp3) is 0.645. The Kier molecular flexibility index (Phi) is 12.3. The van der Waals surface area contributed by atoms with Crippen molar-refractivity contribution in [2.75, 3.05) is 67.1 Å². The van der Waals surface area contributed by atoms with Crippen LogP contribution in [0.15, 0.2) is 35.3 Å². The molecule has 4 rings (SSSR count). The number of aromatic nitrogens is 2. The molecule has 2 heterocycles. The van der Waals surface area contributed by atoms with Crippen molar-refractivity contribution in [2.45, 2.75) is 51.6 Å². The summed E-state index contributed by atoms with van der Waals surface area (Å²) in [6.45, 7) is 6.31. The Morgan fingerprint density at radius 2 is 2.00 bits per heavy atom. The van der Waals surface area contributed by atoms with Crippen LogP contribution < -0.4 is 10.6 Å². The van der Waals surface area contributed by atoms with E-state index >= 15 is 0 Å². The molecule has 10 nitrogen and oxygen atoms in total. The fourth-order valence-corrected chi connectivity index (χ4v) is 5.99. The summed E-state index contributed by atoms with van der Waals surface area (Å²) in [5, 5.41) is 6.75. The van der Waals surface area contributed by atoms with Gasteiger partial charge in [-0.2, -0.15) is 0 Å². The number of imidazole rings is 1. The highest BCUT2D eigenvalue weighted by atomic mass is 19.3. The average molecular weight is 604 g/mol. The van der Waals surface area contributed by atoms with E-state index in [9.17, 15) is 13.6 Å². The molecule has 1 aromatic heterocycles. The highest BCUT2D eigenvalue weighted by molar-refractivity contribution is 5.88. The SMILES string of the molecule is CCOCCN(C)C(=NC)N/C(=C\CNC[C@H]1CCN(C(=O)C2CCC(OC)CC2)C1)n1c(C(F)F)nc2ccccc21. The summed E-state index contributed by atoms with van der Waals surface area (Å²) in [5.74, 6) is 1.34. The number of amides is 1. The van der Waals surface area contributed by atoms with Crippen molar-refractivity contribution in [1.82, 2.24) is 30.0 Å². The number of fused-ring (bicyclic) bond motifs is 1. The van der Waals surface area contributed by atoms with Crippen LogP contribution in [0, 0.1) is 11.8 Å². The van der Waals surface area contributed by atoms with E-state index in [1.165, 1.54) is 4.57 Å². The number of nitrogens with one attached hydrogen (secondary N) is 2. The highest BCUT2D eigenvalue weighted by Crippen LogP contribution is 2.30. The molecule has 1 amide bonds. The van der Waals surface area contributed by atoms with E-state index in [-0.39, 0.29) is 23.8 Å². The second kappa shape index (κ2) is 16.1. The van der Waals surface area contributed by atoms with Gasteiger partial charge in [-0.05, 0) is 63.2 Å². The van der Waals surface area contributed by atoms with Crippen molar-refractivity contribution in [3.8, 4) is 0 Å². The summed E-state index contributed by atoms with van der Waals surface area (Å²) in [7, 11) is 5.28. The maximum absolute atomic E-state index is 14.2. The number of nitrogens with zero attached hydrogens (tertiary/aromatic N) is 5.